The predicted octanol–water partition coefficient (Wildman–Crippen LogP) is 7.75. The Hall–Kier alpha value is -3.22. The second-order valence-corrected chi connectivity index (χ2v) is 10.6. The Morgan fingerprint density at radius 3 is 2.36 bits per heavy atom. The van der Waals surface area contributed by atoms with Gasteiger partial charge in [0.15, 0.2) is 0 Å². The van der Waals surface area contributed by atoms with Crippen LogP contribution in [0.5, 0.6) is 11.5 Å². The van der Waals surface area contributed by atoms with Gasteiger partial charge in [0.1, 0.15) is 11.5 Å². The van der Waals surface area contributed by atoms with Gasteiger partial charge in [-0.25, -0.2) is 4.79 Å². The standard InChI is InChI=1S/C32H43NO6/c1-3-18-38-24-20-27-31(28(21-24)39-19-12-17-29(34)37-4-2)30-25(32(35)36)15-11-16-26(30)33(27)22-23-13-9-7-5-6-8-10-14-23/h11,15-16,20-21,23H,3-10,12-14,17-19,22H2,1-2H3,(H,35,36). The van der Waals surface area contributed by atoms with Gasteiger partial charge in [0.05, 0.1) is 41.8 Å². The molecule has 0 unspecified atom stereocenters. The first-order chi connectivity index (χ1) is 19.0. The van der Waals surface area contributed by atoms with Gasteiger partial charge >= 0.3 is 11.9 Å². The van der Waals surface area contributed by atoms with Gasteiger partial charge in [-0.05, 0) is 50.7 Å². The molecule has 212 valence electrons. The highest BCUT2D eigenvalue weighted by Crippen LogP contribution is 2.41. The first kappa shape index (κ1) is 28.8. The second-order valence-electron chi connectivity index (χ2n) is 10.6. The van der Waals surface area contributed by atoms with Crippen molar-refractivity contribution in [3.63, 3.8) is 0 Å². The number of carbonyl (C=O) groups is 2. The van der Waals surface area contributed by atoms with Crippen LogP contribution in [0.25, 0.3) is 21.8 Å². The number of rotatable bonds is 12. The summed E-state index contributed by atoms with van der Waals surface area (Å²) in [5.41, 5.74) is 2.12. The normalized spacial score (nSPS) is 15.0. The van der Waals surface area contributed by atoms with Gasteiger partial charge in [-0.2, -0.15) is 0 Å². The number of esters is 1. The van der Waals surface area contributed by atoms with Gasteiger partial charge in [0, 0.05) is 30.5 Å². The predicted molar refractivity (Wildman–Crippen MR) is 154 cm³/mol. The summed E-state index contributed by atoms with van der Waals surface area (Å²) in [5.74, 6) is 0.631. The maximum absolute atomic E-state index is 12.4. The molecule has 0 radical (unpaired) electrons. The van der Waals surface area contributed by atoms with Crippen molar-refractivity contribution in [3.05, 3.63) is 35.9 Å². The average molecular weight is 538 g/mol. The molecule has 1 saturated carbocycles. The summed E-state index contributed by atoms with van der Waals surface area (Å²) >= 11 is 0. The minimum atomic E-state index is -0.957. The van der Waals surface area contributed by atoms with Gasteiger partial charge in [-0.3, -0.25) is 4.79 Å². The fraction of sp³-hybridized carbons (Fsp3) is 0.562. The quantitative estimate of drug-likeness (QED) is 0.188. The Morgan fingerprint density at radius 2 is 1.67 bits per heavy atom. The third-order valence-electron chi connectivity index (χ3n) is 7.64. The lowest BCUT2D eigenvalue weighted by Crippen LogP contribution is -2.11. The topological polar surface area (TPSA) is 87.0 Å². The second kappa shape index (κ2) is 14.2. The van der Waals surface area contributed by atoms with Crippen LogP contribution in [-0.4, -0.2) is 41.4 Å². The lowest BCUT2D eigenvalue weighted by molar-refractivity contribution is -0.143. The SMILES string of the molecule is CCCOc1cc(OCCCC(=O)OCC)c2c3c(C(=O)O)cccc3n(CC3CCCCCCCC3)c2c1. The van der Waals surface area contributed by atoms with Crippen LogP contribution in [0.1, 0.15) is 94.8 Å². The third kappa shape index (κ3) is 7.25. The molecule has 0 bridgehead atoms. The molecule has 0 saturated heterocycles. The molecule has 1 aromatic heterocycles. The number of benzene rings is 2. The highest BCUT2D eigenvalue weighted by Gasteiger charge is 2.23. The summed E-state index contributed by atoms with van der Waals surface area (Å²) < 4.78 is 19.7. The molecular weight excluding hydrogens is 494 g/mol. The van der Waals surface area contributed by atoms with E-state index in [4.69, 9.17) is 14.2 Å². The lowest BCUT2D eigenvalue weighted by Gasteiger charge is -2.19. The van der Waals surface area contributed by atoms with Gasteiger partial charge in [0.25, 0.3) is 0 Å². The Morgan fingerprint density at radius 1 is 0.923 bits per heavy atom. The monoisotopic (exact) mass is 537 g/mol. The van der Waals surface area contributed by atoms with Crippen molar-refractivity contribution in [1.82, 2.24) is 4.57 Å². The molecule has 0 atom stereocenters. The number of carbonyl (C=O) groups excluding carboxylic acids is 1. The fourth-order valence-electron chi connectivity index (χ4n) is 5.78. The van der Waals surface area contributed by atoms with Crippen LogP contribution in [0.15, 0.2) is 30.3 Å². The summed E-state index contributed by atoms with van der Waals surface area (Å²) in [4.78, 5) is 24.2. The minimum absolute atomic E-state index is 0.244. The minimum Gasteiger partial charge on any atom is -0.493 e. The zero-order chi connectivity index (χ0) is 27.6. The molecule has 0 spiro atoms. The van der Waals surface area contributed by atoms with Gasteiger partial charge in [-0.1, -0.05) is 51.5 Å². The molecule has 1 N–H and O–H groups in total. The fourth-order valence-corrected chi connectivity index (χ4v) is 5.78. The molecule has 1 aliphatic rings. The Kier molecular flexibility index (Phi) is 10.5. The van der Waals surface area contributed by atoms with Gasteiger partial charge in [-0.15, -0.1) is 0 Å². The van der Waals surface area contributed by atoms with E-state index < -0.39 is 5.97 Å². The molecule has 0 amide bonds. The number of aromatic carboxylic acids is 1. The highest BCUT2D eigenvalue weighted by atomic mass is 16.5. The van der Waals surface area contributed by atoms with Crippen molar-refractivity contribution in [2.24, 2.45) is 5.92 Å². The number of hydrogen-bond acceptors (Lipinski definition) is 5. The van der Waals surface area contributed by atoms with E-state index in [1.165, 1.54) is 51.4 Å². The van der Waals surface area contributed by atoms with Crippen molar-refractivity contribution in [2.75, 3.05) is 19.8 Å². The van der Waals surface area contributed by atoms with E-state index in [1.807, 2.05) is 24.3 Å². The molecule has 7 heteroatoms. The molecule has 0 aliphatic heterocycles. The summed E-state index contributed by atoms with van der Waals surface area (Å²) in [6.45, 7) is 5.95. The van der Waals surface area contributed by atoms with E-state index in [0.29, 0.717) is 49.0 Å². The van der Waals surface area contributed by atoms with Crippen LogP contribution < -0.4 is 9.47 Å². The van der Waals surface area contributed by atoms with Crippen molar-refractivity contribution in [3.8, 4) is 11.5 Å². The van der Waals surface area contributed by atoms with Crippen molar-refractivity contribution in [1.29, 1.82) is 0 Å². The summed E-state index contributed by atoms with van der Waals surface area (Å²) in [7, 11) is 0. The van der Waals surface area contributed by atoms with Gasteiger partial charge in [0.2, 0.25) is 0 Å². The Labute approximate surface area is 231 Å². The summed E-state index contributed by atoms with van der Waals surface area (Å²) in [5, 5.41) is 11.6. The first-order valence-electron chi connectivity index (χ1n) is 14.8. The third-order valence-corrected chi connectivity index (χ3v) is 7.64. The van der Waals surface area contributed by atoms with Crippen LogP contribution in [0.4, 0.5) is 0 Å². The van der Waals surface area contributed by atoms with Crippen LogP contribution in [0.2, 0.25) is 0 Å². The van der Waals surface area contributed by atoms with Crippen molar-refractivity contribution in [2.45, 2.75) is 91.0 Å². The van der Waals surface area contributed by atoms with E-state index in [9.17, 15) is 14.7 Å². The van der Waals surface area contributed by atoms with Gasteiger partial charge < -0.3 is 23.9 Å². The average Bonchev–Trinajstić information content (AvgIpc) is 3.30. The first-order valence-corrected chi connectivity index (χ1v) is 14.8. The largest absolute Gasteiger partial charge is 0.493 e. The molecule has 3 aromatic rings. The molecule has 7 nitrogen and oxygen atoms in total. The van der Waals surface area contributed by atoms with Crippen LogP contribution in [-0.2, 0) is 16.1 Å². The molecule has 1 aliphatic carbocycles. The smallest absolute Gasteiger partial charge is 0.336 e. The van der Waals surface area contributed by atoms with E-state index in [0.717, 1.165) is 29.4 Å². The number of carboxylic acids is 1. The maximum atomic E-state index is 12.4. The van der Waals surface area contributed by atoms with E-state index >= 15 is 0 Å². The molecule has 1 heterocycles. The molecule has 2 aromatic carbocycles. The number of carboxylic acid groups (broad SMARTS) is 1. The summed E-state index contributed by atoms with van der Waals surface area (Å²) in [6.07, 6.45) is 11.7. The maximum Gasteiger partial charge on any atom is 0.336 e. The number of nitrogens with zero attached hydrogens (tertiary/aromatic N) is 1. The van der Waals surface area contributed by atoms with Crippen LogP contribution >= 0.6 is 0 Å². The Balaban J connectivity index is 1.79. The van der Waals surface area contributed by atoms with Crippen LogP contribution in [0.3, 0.4) is 0 Å². The number of fused-ring (bicyclic) bond motifs is 3. The van der Waals surface area contributed by atoms with E-state index in [2.05, 4.69) is 11.5 Å². The molecule has 1 fully saturated rings. The Bertz CT molecular complexity index is 1250. The molecule has 39 heavy (non-hydrogen) atoms. The van der Waals surface area contributed by atoms with E-state index in [-0.39, 0.29) is 18.0 Å². The molecule has 4 rings (SSSR count). The highest BCUT2D eigenvalue weighted by molar-refractivity contribution is 6.19. The van der Waals surface area contributed by atoms with Crippen molar-refractivity contribution < 1.29 is 28.9 Å². The molecular formula is C32H43NO6. The van der Waals surface area contributed by atoms with E-state index in [1.54, 1.807) is 13.0 Å². The summed E-state index contributed by atoms with van der Waals surface area (Å²) in [6, 6.07) is 9.43. The van der Waals surface area contributed by atoms with Crippen molar-refractivity contribution >= 4 is 33.7 Å². The van der Waals surface area contributed by atoms with Crippen LogP contribution in [0, 0.1) is 5.92 Å². The zero-order valence-electron chi connectivity index (χ0n) is 23.5. The number of ether oxygens (including phenoxy) is 3. The number of hydrogen-bond donors (Lipinski definition) is 1. The zero-order valence-corrected chi connectivity index (χ0v) is 23.5. The number of aromatic nitrogens is 1. The lowest BCUT2D eigenvalue weighted by atomic mass is 9.96.